The van der Waals surface area contributed by atoms with Gasteiger partial charge in [-0.1, -0.05) is 44.2 Å². The molecule has 2 aromatic heterocycles. The molecule has 0 saturated carbocycles. The Balaban J connectivity index is 2.04. The highest BCUT2D eigenvalue weighted by Gasteiger charge is 2.37. The first-order valence-corrected chi connectivity index (χ1v) is 9.55. The minimum Gasteiger partial charge on any atom is -0.420 e. The molecule has 1 aliphatic carbocycles. The average Bonchev–Trinajstić information content (AvgIpc) is 2.95. The number of aromatic nitrogens is 1. The van der Waals surface area contributed by atoms with Crippen LogP contribution in [0, 0.1) is 12.3 Å². The summed E-state index contributed by atoms with van der Waals surface area (Å²) >= 11 is 0. The van der Waals surface area contributed by atoms with Gasteiger partial charge in [0.15, 0.2) is 11.4 Å². The molecule has 5 rings (SSSR count). The Bertz CT molecular complexity index is 1340. The summed E-state index contributed by atoms with van der Waals surface area (Å²) in [5.74, 6) is 0.0427. The van der Waals surface area contributed by atoms with Gasteiger partial charge in [0.25, 0.3) is 0 Å². The van der Waals surface area contributed by atoms with E-state index in [1.54, 1.807) is 6.07 Å². The number of fused-ring (bicyclic) bond motifs is 5. The Morgan fingerprint density at radius 2 is 1.71 bits per heavy atom. The van der Waals surface area contributed by atoms with Crippen molar-refractivity contribution in [2.24, 2.45) is 5.41 Å². The molecular weight excluding hydrogens is 350 g/mol. The monoisotopic (exact) mass is 371 g/mol. The van der Waals surface area contributed by atoms with Crippen LogP contribution in [-0.4, -0.2) is 10.4 Å². The number of carbonyl (C=O) groups is 1. The van der Waals surface area contributed by atoms with Crippen LogP contribution in [0.5, 0.6) is 0 Å². The Hall–Kier alpha value is -3.14. The van der Waals surface area contributed by atoms with Crippen molar-refractivity contribution in [1.29, 1.82) is 0 Å². The molecule has 0 atom stereocenters. The number of Topliss-reactive ketones (excluding diaryl/α,β-unsaturated/α-hetero) is 1. The fourth-order valence-electron chi connectivity index (χ4n) is 4.50. The summed E-state index contributed by atoms with van der Waals surface area (Å²) in [6, 6.07) is 15.7. The van der Waals surface area contributed by atoms with Crippen molar-refractivity contribution in [1.82, 2.24) is 4.57 Å². The van der Waals surface area contributed by atoms with E-state index in [0.29, 0.717) is 23.0 Å². The van der Waals surface area contributed by atoms with Crippen LogP contribution in [0.15, 0.2) is 57.7 Å². The topological polar surface area (TPSA) is 52.2 Å². The normalized spacial score (nSPS) is 15.9. The van der Waals surface area contributed by atoms with Gasteiger partial charge >= 0.3 is 5.63 Å². The lowest BCUT2D eigenvalue weighted by atomic mass is 9.76. The lowest BCUT2D eigenvalue weighted by Gasteiger charge is -2.29. The number of nitrogens with zero attached hydrogens (tertiary/aromatic N) is 1. The van der Waals surface area contributed by atoms with Gasteiger partial charge in [0.2, 0.25) is 0 Å². The molecule has 140 valence electrons. The first kappa shape index (κ1) is 17.0. The number of hydrogen-bond donors (Lipinski definition) is 0. The minimum absolute atomic E-state index is 0.0427. The van der Waals surface area contributed by atoms with Gasteiger partial charge in [-0.15, -0.1) is 0 Å². The number of benzene rings is 2. The van der Waals surface area contributed by atoms with Gasteiger partial charge in [0.05, 0.1) is 16.5 Å². The van der Waals surface area contributed by atoms with Crippen LogP contribution in [0.2, 0.25) is 0 Å². The summed E-state index contributed by atoms with van der Waals surface area (Å²) < 4.78 is 7.87. The summed E-state index contributed by atoms with van der Waals surface area (Å²) in [6.45, 7) is 6.27. The molecule has 0 unspecified atom stereocenters. The highest BCUT2D eigenvalue weighted by atomic mass is 16.4. The Morgan fingerprint density at radius 3 is 2.46 bits per heavy atom. The summed E-state index contributed by atoms with van der Waals surface area (Å²) in [4.78, 5) is 25.7. The predicted molar refractivity (Wildman–Crippen MR) is 110 cm³/mol. The smallest absolute Gasteiger partial charge is 0.344 e. The van der Waals surface area contributed by atoms with E-state index in [0.717, 1.165) is 34.3 Å². The maximum atomic E-state index is 13.1. The minimum atomic E-state index is -0.398. The Labute approximate surface area is 162 Å². The maximum Gasteiger partial charge on any atom is 0.344 e. The van der Waals surface area contributed by atoms with Gasteiger partial charge in [-0.25, -0.2) is 4.79 Å². The zero-order chi connectivity index (χ0) is 19.6. The molecule has 0 saturated heterocycles. The van der Waals surface area contributed by atoms with Gasteiger partial charge in [-0.05, 0) is 42.5 Å². The average molecular weight is 371 g/mol. The zero-order valence-electron chi connectivity index (χ0n) is 16.2. The van der Waals surface area contributed by atoms with Crippen LogP contribution in [0.3, 0.4) is 0 Å². The highest BCUT2D eigenvalue weighted by molar-refractivity contribution is 6.14. The molecule has 1 aliphatic rings. The zero-order valence-corrected chi connectivity index (χ0v) is 16.2. The number of ketones is 1. The molecule has 2 aromatic carbocycles. The van der Waals surface area contributed by atoms with Crippen LogP contribution in [-0.2, 0) is 6.42 Å². The molecular formula is C24H21NO3. The molecule has 0 spiro atoms. The molecule has 4 aromatic rings. The quantitative estimate of drug-likeness (QED) is 0.462. The Kier molecular flexibility index (Phi) is 3.45. The molecule has 0 radical (unpaired) electrons. The number of carbonyl (C=O) groups excluding carboxylic acids is 1. The van der Waals surface area contributed by atoms with E-state index in [1.807, 2.05) is 30.3 Å². The number of aryl methyl sites for hydroxylation is 1. The van der Waals surface area contributed by atoms with Crippen molar-refractivity contribution < 1.29 is 9.21 Å². The molecule has 0 bridgehead atoms. The summed E-state index contributed by atoms with van der Waals surface area (Å²) in [6.07, 6.45) is 1.19. The molecule has 0 fully saturated rings. The second kappa shape index (κ2) is 5.68. The van der Waals surface area contributed by atoms with Crippen LogP contribution in [0.25, 0.3) is 27.6 Å². The van der Waals surface area contributed by atoms with Crippen LogP contribution >= 0.6 is 0 Å². The van der Waals surface area contributed by atoms with E-state index in [1.165, 1.54) is 0 Å². The Morgan fingerprint density at radius 1 is 0.964 bits per heavy atom. The number of hydrogen-bond acceptors (Lipinski definition) is 3. The van der Waals surface area contributed by atoms with E-state index in [9.17, 15) is 9.59 Å². The standard InChI is InChI=1S/C24H21NO3/c1-14-7-6-8-15(11-14)25-18-12-24(2,3)13-19(26)20(18)22-21(25)16-9-4-5-10-17(16)23(27)28-22/h4-11H,12-13H2,1-3H3. The molecule has 2 heterocycles. The fourth-order valence-corrected chi connectivity index (χ4v) is 4.50. The van der Waals surface area contributed by atoms with Crippen LogP contribution < -0.4 is 5.63 Å². The lowest BCUT2D eigenvalue weighted by molar-refractivity contribution is 0.0911. The third-order valence-electron chi connectivity index (χ3n) is 5.64. The second-order valence-corrected chi connectivity index (χ2v) is 8.55. The third kappa shape index (κ3) is 2.37. The summed E-state index contributed by atoms with van der Waals surface area (Å²) in [7, 11) is 0. The van der Waals surface area contributed by atoms with E-state index < -0.39 is 5.63 Å². The summed E-state index contributed by atoms with van der Waals surface area (Å²) in [5, 5.41) is 1.35. The van der Waals surface area contributed by atoms with E-state index in [-0.39, 0.29) is 11.2 Å². The lowest BCUT2D eigenvalue weighted by Crippen LogP contribution is -2.27. The van der Waals surface area contributed by atoms with Gasteiger partial charge < -0.3 is 8.98 Å². The fraction of sp³-hybridized carbons (Fsp3) is 0.250. The van der Waals surface area contributed by atoms with E-state index >= 15 is 0 Å². The van der Waals surface area contributed by atoms with Gasteiger partial charge in [-0.2, -0.15) is 0 Å². The third-order valence-corrected chi connectivity index (χ3v) is 5.64. The molecule has 0 amide bonds. The van der Waals surface area contributed by atoms with Crippen LogP contribution in [0.4, 0.5) is 0 Å². The van der Waals surface area contributed by atoms with Crippen molar-refractivity contribution in [2.75, 3.05) is 0 Å². The van der Waals surface area contributed by atoms with Gasteiger partial charge in [0, 0.05) is 23.2 Å². The highest BCUT2D eigenvalue weighted by Crippen LogP contribution is 2.42. The first-order chi connectivity index (χ1) is 13.4. The van der Waals surface area contributed by atoms with E-state index in [4.69, 9.17) is 4.42 Å². The van der Waals surface area contributed by atoms with Crippen molar-refractivity contribution in [3.05, 3.63) is 75.8 Å². The second-order valence-electron chi connectivity index (χ2n) is 8.55. The van der Waals surface area contributed by atoms with Crippen molar-refractivity contribution >= 4 is 27.7 Å². The van der Waals surface area contributed by atoms with Crippen molar-refractivity contribution in [3.63, 3.8) is 0 Å². The van der Waals surface area contributed by atoms with Gasteiger partial charge in [-0.3, -0.25) is 4.79 Å². The summed E-state index contributed by atoms with van der Waals surface area (Å²) in [5.41, 5.74) is 4.30. The van der Waals surface area contributed by atoms with Crippen molar-refractivity contribution in [2.45, 2.75) is 33.6 Å². The predicted octanol–water partition coefficient (Wildman–Crippen LogP) is 5.20. The molecule has 4 nitrogen and oxygen atoms in total. The molecule has 4 heteroatoms. The van der Waals surface area contributed by atoms with Gasteiger partial charge in [0.1, 0.15) is 0 Å². The van der Waals surface area contributed by atoms with E-state index in [2.05, 4.69) is 37.5 Å². The largest absolute Gasteiger partial charge is 0.420 e. The SMILES string of the molecule is Cc1cccc(-n2c3c(c4oc(=O)c5ccccc5c42)C(=O)CC(C)(C)C3)c1. The maximum absolute atomic E-state index is 13.1. The van der Waals surface area contributed by atoms with Crippen molar-refractivity contribution in [3.8, 4) is 5.69 Å². The molecule has 0 aliphatic heterocycles. The molecule has 0 N–H and O–H groups in total. The van der Waals surface area contributed by atoms with Crippen LogP contribution in [0.1, 0.15) is 41.9 Å². The molecule has 28 heavy (non-hydrogen) atoms. The number of rotatable bonds is 1. The first-order valence-electron chi connectivity index (χ1n) is 9.55.